The number of likely N-dealkylation sites (tertiary alicyclic amines) is 1. The molecule has 0 aliphatic carbocycles. The minimum atomic E-state index is -0.333. The number of amides is 1. The van der Waals surface area contributed by atoms with E-state index in [1.807, 2.05) is 54.6 Å². The van der Waals surface area contributed by atoms with Gasteiger partial charge in [0.1, 0.15) is 17.7 Å². The van der Waals surface area contributed by atoms with Crippen LogP contribution in [-0.2, 0) is 11.2 Å². The number of carbonyl (C=O) groups excluding carboxylic acids is 1. The lowest BCUT2D eigenvalue weighted by atomic mass is 10.1. The molecule has 0 atom stereocenters. The molecule has 7 heteroatoms. The van der Waals surface area contributed by atoms with Gasteiger partial charge < -0.3 is 14.2 Å². The lowest BCUT2D eigenvalue weighted by Gasteiger charge is -2.39. The molecule has 1 aromatic heterocycles. The molecule has 1 fully saturated rings. The Labute approximate surface area is 184 Å². The van der Waals surface area contributed by atoms with E-state index in [1.165, 1.54) is 12.1 Å². The Morgan fingerprint density at radius 1 is 1.00 bits per heavy atom. The number of carbonyl (C=O) groups is 1. The Balaban J connectivity index is 1.14. The fourth-order valence-electron chi connectivity index (χ4n) is 3.56. The standard InChI is InChI=1S/C25H20FN3O3/c26-20-8-4-5-17(13-20)14-23(30)29-15-22(16-29)31-21-11-9-19(10-12-21)25-27-24(28-32-25)18-6-2-1-3-7-18/h1-13,22H,14-16H2. The highest BCUT2D eigenvalue weighted by Gasteiger charge is 2.32. The Kier molecular flexibility index (Phi) is 5.37. The highest BCUT2D eigenvalue weighted by molar-refractivity contribution is 5.79. The van der Waals surface area contributed by atoms with Crippen molar-refractivity contribution in [1.82, 2.24) is 15.0 Å². The van der Waals surface area contributed by atoms with Crippen LogP contribution < -0.4 is 4.74 Å². The molecule has 1 amide bonds. The summed E-state index contributed by atoms with van der Waals surface area (Å²) in [5.41, 5.74) is 2.36. The summed E-state index contributed by atoms with van der Waals surface area (Å²) in [4.78, 5) is 18.5. The molecule has 0 radical (unpaired) electrons. The summed E-state index contributed by atoms with van der Waals surface area (Å²) in [5.74, 6) is 1.32. The van der Waals surface area contributed by atoms with Gasteiger partial charge >= 0.3 is 0 Å². The smallest absolute Gasteiger partial charge is 0.258 e. The lowest BCUT2D eigenvalue weighted by molar-refractivity contribution is -0.139. The van der Waals surface area contributed by atoms with Crippen molar-refractivity contribution < 1.29 is 18.4 Å². The molecule has 0 bridgehead atoms. The fraction of sp³-hybridized carbons (Fsp3) is 0.160. The molecule has 6 nitrogen and oxygen atoms in total. The molecule has 2 heterocycles. The van der Waals surface area contributed by atoms with Crippen LogP contribution >= 0.6 is 0 Å². The predicted molar refractivity (Wildman–Crippen MR) is 116 cm³/mol. The number of hydrogen-bond acceptors (Lipinski definition) is 5. The largest absolute Gasteiger partial charge is 0.487 e. The second-order valence-electron chi connectivity index (χ2n) is 7.66. The van der Waals surface area contributed by atoms with Gasteiger partial charge in [-0.25, -0.2) is 4.39 Å². The Morgan fingerprint density at radius 3 is 2.53 bits per heavy atom. The third kappa shape index (κ3) is 4.37. The Bertz CT molecular complexity index is 1220. The summed E-state index contributed by atoms with van der Waals surface area (Å²) in [7, 11) is 0. The van der Waals surface area contributed by atoms with Crippen molar-refractivity contribution in [2.75, 3.05) is 13.1 Å². The van der Waals surface area contributed by atoms with Gasteiger partial charge in [-0.3, -0.25) is 4.79 Å². The van der Waals surface area contributed by atoms with Crippen LogP contribution in [0.2, 0.25) is 0 Å². The van der Waals surface area contributed by atoms with Gasteiger partial charge in [-0.15, -0.1) is 0 Å². The summed E-state index contributed by atoms with van der Waals surface area (Å²) >= 11 is 0. The molecule has 160 valence electrons. The number of benzene rings is 3. The number of ether oxygens (including phenoxy) is 1. The molecule has 1 aliphatic heterocycles. The van der Waals surface area contributed by atoms with E-state index in [1.54, 1.807) is 17.0 Å². The molecule has 0 N–H and O–H groups in total. The molecule has 32 heavy (non-hydrogen) atoms. The van der Waals surface area contributed by atoms with Crippen LogP contribution in [-0.4, -0.2) is 40.1 Å². The highest BCUT2D eigenvalue weighted by atomic mass is 19.1. The van der Waals surface area contributed by atoms with Crippen LogP contribution in [0, 0.1) is 5.82 Å². The van der Waals surface area contributed by atoms with E-state index in [9.17, 15) is 9.18 Å². The SMILES string of the molecule is O=C(Cc1cccc(F)c1)N1CC(Oc2ccc(-c3nc(-c4ccccc4)no3)cc2)C1. The van der Waals surface area contributed by atoms with E-state index < -0.39 is 0 Å². The molecule has 0 saturated carbocycles. The van der Waals surface area contributed by atoms with Crippen LogP contribution in [0.25, 0.3) is 22.8 Å². The summed E-state index contributed by atoms with van der Waals surface area (Å²) in [5, 5.41) is 4.04. The first-order chi connectivity index (χ1) is 15.6. The van der Waals surface area contributed by atoms with Crippen molar-refractivity contribution >= 4 is 5.91 Å². The normalized spacial score (nSPS) is 13.6. The summed E-state index contributed by atoms with van der Waals surface area (Å²) < 4.78 is 24.6. The summed E-state index contributed by atoms with van der Waals surface area (Å²) in [6.45, 7) is 1.03. The molecule has 0 unspecified atom stereocenters. The van der Waals surface area contributed by atoms with Crippen LogP contribution in [0.3, 0.4) is 0 Å². The zero-order valence-corrected chi connectivity index (χ0v) is 17.1. The maximum absolute atomic E-state index is 13.3. The van der Waals surface area contributed by atoms with Gasteiger partial charge in [0, 0.05) is 11.1 Å². The van der Waals surface area contributed by atoms with Crippen LogP contribution in [0.1, 0.15) is 5.56 Å². The van der Waals surface area contributed by atoms with Gasteiger partial charge in [-0.05, 0) is 42.0 Å². The summed E-state index contributed by atoms with van der Waals surface area (Å²) in [6.07, 6.45) is 0.124. The van der Waals surface area contributed by atoms with Crippen molar-refractivity contribution in [2.24, 2.45) is 0 Å². The molecule has 5 rings (SSSR count). The van der Waals surface area contributed by atoms with Gasteiger partial charge in [0.2, 0.25) is 11.7 Å². The second kappa shape index (κ2) is 8.63. The van der Waals surface area contributed by atoms with Gasteiger partial charge in [-0.1, -0.05) is 47.6 Å². The Morgan fingerprint density at radius 2 is 1.78 bits per heavy atom. The van der Waals surface area contributed by atoms with E-state index in [-0.39, 0.29) is 24.2 Å². The van der Waals surface area contributed by atoms with Crippen LogP contribution in [0.4, 0.5) is 4.39 Å². The molecule has 1 saturated heterocycles. The zero-order chi connectivity index (χ0) is 21.9. The Hall–Kier alpha value is -4.00. The van der Waals surface area contributed by atoms with Crippen molar-refractivity contribution in [3.05, 3.63) is 90.2 Å². The van der Waals surface area contributed by atoms with Crippen molar-refractivity contribution in [3.63, 3.8) is 0 Å². The number of aromatic nitrogens is 2. The number of halogens is 1. The monoisotopic (exact) mass is 429 g/mol. The molecular weight excluding hydrogens is 409 g/mol. The zero-order valence-electron chi connectivity index (χ0n) is 17.1. The van der Waals surface area contributed by atoms with Gasteiger partial charge in [0.05, 0.1) is 19.5 Å². The highest BCUT2D eigenvalue weighted by Crippen LogP contribution is 2.25. The van der Waals surface area contributed by atoms with Gasteiger partial charge in [-0.2, -0.15) is 4.98 Å². The van der Waals surface area contributed by atoms with E-state index in [4.69, 9.17) is 9.26 Å². The van der Waals surface area contributed by atoms with Gasteiger partial charge in [0.25, 0.3) is 5.89 Å². The second-order valence-corrected chi connectivity index (χ2v) is 7.66. The average Bonchev–Trinajstić information content (AvgIpc) is 3.27. The first-order valence-corrected chi connectivity index (χ1v) is 10.3. The lowest BCUT2D eigenvalue weighted by Crippen LogP contribution is -2.56. The quantitative estimate of drug-likeness (QED) is 0.455. The molecule has 3 aromatic carbocycles. The van der Waals surface area contributed by atoms with Crippen molar-refractivity contribution in [1.29, 1.82) is 0 Å². The topological polar surface area (TPSA) is 68.5 Å². The van der Waals surface area contributed by atoms with Gasteiger partial charge in [0.15, 0.2) is 0 Å². The first-order valence-electron chi connectivity index (χ1n) is 10.3. The van der Waals surface area contributed by atoms with Crippen LogP contribution in [0.5, 0.6) is 5.75 Å². The van der Waals surface area contributed by atoms with E-state index in [2.05, 4.69) is 10.1 Å². The number of hydrogen-bond donors (Lipinski definition) is 0. The molecular formula is C25H20FN3O3. The summed E-state index contributed by atoms with van der Waals surface area (Å²) in [6, 6.07) is 23.2. The number of nitrogens with zero attached hydrogens (tertiary/aromatic N) is 3. The van der Waals surface area contributed by atoms with E-state index in [0.717, 1.165) is 11.1 Å². The minimum Gasteiger partial charge on any atom is -0.487 e. The maximum Gasteiger partial charge on any atom is 0.258 e. The van der Waals surface area contributed by atoms with E-state index >= 15 is 0 Å². The van der Waals surface area contributed by atoms with E-state index in [0.29, 0.717) is 36.1 Å². The number of rotatable bonds is 6. The average molecular weight is 429 g/mol. The van der Waals surface area contributed by atoms with Crippen molar-refractivity contribution in [2.45, 2.75) is 12.5 Å². The van der Waals surface area contributed by atoms with Crippen LogP contribution in [0.15, 0.2) is 83.4 Å². The fourth-order valence-corrected chi connectivity index (χ4v) is 3.56. The molecule has 4 aromatic rings. The molecule has 1 aliphatic rings. The van der Waals surface area contributed by atoms with Crippen molar-refractivity contribution in [3.8, 4) is 28.6 Å². The maximum atomic E-state index is 13.3. The molecule has 0 spiro atoms. The first kappa shape index (κ1) is 19.9. The minimum absolute atomic E-state index is 0.0311. The third-order valence-electron chi connectivity index (χ3n) is 5.31. The predicted octanol–water partition coefficient (Wildman–Crippen LogP) is 4.38. The third-order valence-corrected chi connectivity index (χ3v) is 5.31.